The Hall–Kier alpha value is -1.53. The van der Waals surface area contributed by atoms with E-state index in [2.05, 4.69) is 37.3 Å². The SMILES string of the molecule is C#CC#CC12CC(O)C(C=CC(O)CCCCC)C1CC(CCCC(=O)S)=N2. The molecule has 0 aromatic carbocycles. The number of carbonyl (C=O) groups excluding carboxylic acids is 1. The minimum Gasteiger partial charge on any atom is -0.392 e. The molecule has 0 bridgehead atoms. The number of carbonyl (C=O) groups is 1. The first-order valence-corrected chi connectivity index (χ1v) is 10.7. The lowest BCUT2D eigenvalue weighted by Gasteiger charge is -2.22. The van der Waals surface area contributed by atoms with E-state index >= 15 is 0 Å². The van der Waals surface area contributed by atoms with Gasteiger partial charge in [-0.2, -0.15) is 0 Å². The van der Waals surface area contributed by atoms with Gasteiger partial charge in [0.15, 0.2) is 5.12 Å². The number of hydrogen-bond donors (Lipinski definition) is 3. The number of terminal acetylenes is 1. The predicted molar refractivity (Wildman–Crippen MR) is 116 cm³/mol. The van der Waals surface area contributed by atoms with Crippen molar-refractivity contribution in [3.63, 3.8) is 0 Å². The molecule has 152 valence electrons. The Kier molecular flexibility index (Phi) is 8.83. The van der Waals surface area contributed by atoms with Crippen LogP contribution >= 0.6 is 12.6 Å². The lowest BCUT2D eigenvalue weighted by molar-refractivity contribution is -0.110. The minimum atomic E-state index is -0.658. The lowest BCUT2D eigenvalue weighted by Crippen LogP contribution is -2.27. The molecular formula is C23H31NO3S. The molecule has 5 atom stereocenters. The van der Waals surface area contributed by atoms with E-state index in [0.29, 0.717) is 19.3 Å². The number of aliphatic hydroxyl groups is 2. The van der Waals surface area contributed by atoms with Crippen LogP contribution in [-0.4, -0.2) is 38.8 Å². The summed E-state index contributed by atoms with van der Waals surface area (Å²) in [5.41, 5.74) is 0.369. The monoisotopic (exact) mass is 401 g/mol. The number of unbranched alkanes of at least 4 members (excludes halogenated alkanes) is 2. The molecule has 5 unspecified atom stereocenters. The molecule has 0 saturated heterocycles. The van der Waals surface area contributed by atoms with Crippen molar-refractivity contribution in [3.8, 4) is 24.2 Å². The molecule has 4 nitrogen and oxygen atoms in total. The van der Waals surface area contributed by atoms with Gasteiger partial charge in [-0.3, -0.25) is 9.79 Å². The molecule has 1 aliphatic carbocycles. The zero-order chi connectivity index (χ0) is 20.6. The molecule has 2 N–H and O–H groups in total. The summed E-state index contributed by atoms with van der Waals surface area (Å²) in [5.74, 6) is 8.11. The molecule has 5 heteroatoms. The molecule has 1 saturated carbocycles. The van der Waals surface area contributed by atoms with Crippen LogP contribution in [0.1, 0.15) is 64.7 Å². The smallest absolute Gasteiger partial charge is 0.185 e. The number of fused-ring (bicyclic) bond motifs is 1. The fourth-order valence-corrected chi connectivity index (χ4v) is 4.50. The molecule has 0 spiro atoms. The van der Waals surface area contributed by atoms with Crippen LogP contribution in [0.2, 0.25) is 0 Å². The molecule has 0 aromatic heterocycles. The lowest BCUT2D eigenvalue weighted by atomic mass is 9.82. The zero-order valence-electron chi connectivity index (χ0n) is 16.6. The molecule has 1 aliphatic heterocycles. The Morgan fingerprint density at radius 1 is 1.46 bits per heavy atom. The van der Waals surface area contributed by atoms with Crippen molar-refractivity contribution in [3.05, 3.63) is 12.2 Å². The highest BCUT2D eigenvalue weighted by molar-refractivity contribution is 7.96. The molecular weight excluding hydrogens is 370 g/mol. The van der Waals surface area contributed by atoms with Gasteiger partial charge in [-0.05, 0) is 37.5 Å². The Morgan fingerprint density at radius 3 is 2.93 bits per heavy atom. The third-order valence-electron chi connectivity index (χ3n) is 5.72. The highest BCUT2D eigenvalue weighted by atomic mass is 32.1. The Labute approximate surface area is 174 Å². The van der Waals surface area contributed by atoms with Crippen LogP contribution in [0.25, 0.3) is 0 Å². The van der Waals surface area contributed by atoms with E-state index in [1.54, 1.807) is 0 Å². The van der Waals surface area contributed by atoms with E-state index in [1.165, 1.54) is 0 Å². The van der Waals surface area contributed by atoms with Gasteiger partial charge in [-0.15, -0.1) is 19.1 Å². The number of thiol groups is 1. The number of aliphatic imine (C=N–C) groups is 1. The van der Waals surface area contributed by atoms with E-state index in [0.717, 1.165) is 44.2 Å². The predicted octanol–water partition coefficient (Wildman–Crippen LogP) is 3.33. The summed E-state index contributed by atoms with van der Waals surface area (Å²) in [6.07, 6.45) is 15.0. The van der Waals surface area contributed by atoms with Crippen molar-refractivity contribution < 1.29 is 15.0 Å². The molecule has 2 rings (SSSR count). The molecule has 1 fully saturated rings. The summed E-state index contributed by atoms with van der Waals surface area (Å²) in [4.78, 5) is 15.9. The highest BCUT2D eigenvalue weighted by Gasteiger charge is 2.54. The van der Waals surface area contributed by atoms with Crippen molar-refractivity contribution in [1.29, 1.82) is 0 Å². The Bertz CT molecular complexity index is 712. The molecule has 0 amide bonds. The first-order valence-electron chi connectivity index (χ1n) is 10.2. The molecule has 1 heterocycles. The summed E-state index contributed by atoms with van der Waals surface area (Å²) in [6.45, 7) is 2.14. The van der Waals surface area contributed by atoms with E-state index in [1.807, 2.05) is 12.2 Å². The van der Waals surface area contributed by atoms with Gasteiger partial charge in [0.1, 0.15) is 5.54 Å². The van der Waals surface area contributed by atoms with Gasteiger partial charge in [0, 0.05) is 30.4 Å². The molecule has 0 aromatic rings. The van der Waals surface area contributed by atoms with Crippen LogP contribution < -0.4 is 0 Å². The fourth-order valence-electron chi connectivity index (χ4n) is 4.34. The quantitative estimate of drug-likeness (QED) is 0.228. The maximum Gasteiger partial charge on any atom is 0.185 e. The van der Waals surface area contributed by atoms with Crippen molar-refractivity contribution in [2.24, 2.45) is 16.8 Å². The van der Waals surface area contributed by atoms with Gasteiger partial charge < -0.3 is 10.2 Å². The number of hydrogen-bond acceptors (Lipinski definition) is 4. The van der Waals surface area contributed by atoms with Gasteiger partial charge in [0.05, 0.1) is 12.2 Å². The number of nitrogens with zero attached hydrogens (tertiary/aromatic N) is 1. The van der Waals surface area contributed by atoms with Crippen molar-refractivity contribution in [2.75, 3.05) is 0 Å². The van der Waals surface area contributed by atoms with Crippen molar-refractivity contribution in [1.82, 2.24) is 0 Å². The van der Waals surface area contributed by atoms with E-state index in [4.69, 9.17) is 11.4 Å². The Balaban J connectivity index is 2.10. The summed E-state index contributed by atoms with van der Waals surface area (Å²) in [5, 5.41) is 20.7. The molecule has 2 aliphatic rings. The van der Waals surface area contributed by atoms with Crippen LogP contribution in [0.3, 0.4) is 0 Å². The van der Waals surface area contributed by atoms with E-state index < -0.39 is 17.7 Å². The largest absolute Gasteiger partial charge is 0.392 e. The normalized spacial score (nSPS) is 29.7. The van der Waals surface area contributed by atoms with Crippen LogP contribution in [-0.2, 0) is 4.79 Å². The van der Waals surface area contributed by atoms with E-state index in [-0.39, 0.29) is 17.0 Å². The highest BCUT2D eigenvalue weighted by Crippen LogP contribution is 2.50. The zero-order valence-corrected chi connectivity index (χ0v) is 17.5. The van der Waals surface area contributed by atoms with Crippen LogP contribution in [0.4, 0.5) is 0 Å². The Morgan fingerprint density at radius 2 is 2.25 bits per heavy atom. The van der Waals surface area contributed by atoms with Gasteiger partial charge >= 0.3 is 0 Å². The van der Waals surface area contributed by atoms with Crippen molar-refractivity contribution in [2.45, 2.75) is 82.5 Å². The fraction of sp³-hybridized carbons (Fsp3) is 0.652. The average molecular weight is 402 g/mol. The van der Waals surface area contributed by atoms with Gasteiger partial charge in [-0.25, -0.2) is 0 Å². The first-order chi connectivity index (χ1) is 13.4. The first kappa shape index (κ1) is 22.8. The summed E-state index contributed by atoms with van der Waals surface area (Å²) >= 11 is 3.82. The third kappa shape index (κ3) is 5.98. The molecule has 28 heavy (non-hydrogen) atoms. The second-order valence-electron chi connectivity index (χ2n) is 7.85. The number of rotatable bonds is 10. The standard InChI is InChI=1S/C23H31NO3S/c1-3-5-7-10-18(25)12-13-19-20-15-17(9-8-11-22(27)28)24-23(20,14-6-4-2)16-21(19)26/h2,12-13,18-21,25-26H,3,5,7-11,15-16H2,1H3,(H,27,28). The number of aliphatic hydroxyl groups excluding tert-OH is 2. The van der Waals surface area contributed by atoms with Gasteiger partial charge in [0.25, 0.3) is 0 Å². The summed E-state index contributed by atoms with van der Waals surface area (Å²) in [6, 6.07) is 0. The minimum absolute atomic E-state index is 0.0455. The molecule has 0 radical (unpaired) electrons. The average Bonchev–Trinajstić information content (AvgIpc) is 3.10. The topological polar surface area (TPSA) is 69.9 Å². The summed E-state index contributed by atoms with van der Waals surface area (Å²) < 4.78 is 0. The maximum absolute atomic E-state index is 11.1. The van der Waals surface area contributed by atoms with Crippen LogP contribution in [0.5, 0.6) is 0 Å². The maximum atomic E-state index is 11.1. The third-order valence-corrected chi connectivity index (χ3v) is 5.95. The second-order valence-corrected chi connectivity index (χ2v) is 8.35. The summed E-state index contributed by atoms with van der Waals surface area (Å²) in [7, 11) is 0. The van der Waals surface area contributed by atoms with Crippen LogP contribution in [0.15, 0.2) is 17.1 Å². The van der Waals surface area contributed by atoms with Gasteiger partial charge in [-0.1, -0.05) is 44.3 Å². The van der Waals surface area contributed by atoms with Gasteiger partial charge in [0.2, 0.25) is 0 Å². The second kappa shape index (κ2) is 10.9. The van der Waals surface area contributed by atoms with Crippen molar-refractivity contribution >= 4 is 23.5 Å². The van der Waals surface area contributed by atoms with Crippen LogP contribution in [0, 0.1) is 36.0 Å². The van der Waals surface area contributed by atoms with E-state index in [9.17, 15) is 15.0 Å².